The molecule has 2 N–H and O–H groups in total. The maximum atomic E-state index is 4.46. The third-order valence-electron chi connectivity index (χ3n) is 4.66. The predicted molar refractivity (Wildman–Crippen MR) is 135 cm³/mol. The quantitative estimate of drug-likeness (QED) is 0.221. The first-order chi connectivity index (χ1) is 14.2. The van der Waals surface area contributed by atoms with Crippen LogP contribution in [0.25, 0.3) is 11.0 Å². The van der Waals surface area contributed by atoms with E-state index < -0.39 is 0 Å². The highest BCUT2D eigenvalue weighted by atomic mass is 127. The fourth-order valence-corrected chi connectivity index (χ4v) is 3.87. The second-order valence-corrected chi connectivity index (χ2v) is 8.14. The molecule has 156 valence electrons. The van der Waals surface area contributed by atoms with Gasteiger partial charge in [-0.1, -0.05) is 36.4 Å². The largest absolute Gasteiger partial charge is 0.352 e. The maximum Gasteiger partial charge on any atom is 0.191 e. The van der Waals surface area contributed by atoms with Crippen molar-refractivity contribution in [2.45, 2.75) is 26.6 Å². The molecule has 2 aromatic carbocycles. The van der Waals surface area contributed by atoms with Crippen molar-refractivity contribution in [1.82, 2.24) is 25.2 Å². The van der Waals surface area contributed by atoms with Gasteiger partial charge < -0.3 is 15.2 Å². The molecule has 0 aliphatic carbocycles. The Bertz CT molecular complexity index is 1120. The molecule has 0 atom stereocenters. The average molecular weight is 532 g/mol. The molecule has 0 amide bonds. The number of halogens is 1. The van der Waals surface area contributed by atoms with E-state index >= 15 is 0 Å². The number of nitrogens with zero attached hydrogens (tertiary/aromatic N) is 4. The molecule has 0 fully saturated rings. The summed E-state index contributed by atoms with van der Waals surface area (Å²) >= 11 is 1.70. The SMILES string of the molecule is CN=C(NCc1ccc(Cn2cnc3ccccc32)cc1)NCc1ncc(C)s1.I. The summed E-state index contributed by atoms with van der Waals surface area (Å²) in [5, 5.41) is 7.71. The lowest BCUT2D eigenvalue weighted by Gasteiger charge is -2.11. The van der Waals surface area contributed by atoms with Gasteiger partial charge >= 0.3 is 0 Å². The molecule has 2 heterocycles. The van der Waals surface area contributed by atoms with Crippen LogP contribution in [0.15, 0.2) is 66.0 Å². The number of aryl methyl sites for hydroxylation is 1. The van der Waals surface area contributed by atoms with Crippen molar-refractivity contribution in [2.75, 3.05) is 7.05 Å². The number of para-hydroxylation sites is 2. The zero-order valence-corrected chi connectivity index (χ0v) is 20.1. The van der Waals surface area contributed by atoms with Gasteiger partial charge in [-0.2, -0.15) is 0 Å². The first kappa shape index (κ1) is 22.2. The molecule has 0 radical (unpaired) electrons. The van der Waals surface area contributed by atoms with Crippen molar-refractivity contribution in [3.05, 3.63) is 82.1 Å². The molecule has 2 aromatic heterocycles. The third kappa shape index (κ3) is 5.57. The molecule has 0 saturated carbocycles. The van der Waals surface area contributed by atoms with Gasteiger partial charge in [0.15, 0.2) is 5.96 Å². The summed E-state index contributed by atoms with van der Waals surface area (Å²) in [6, 6.07) is 16.8. The van der Waals surface area contributed by atoms with E-state index in [0.717, 1.165) is 28.5 Å². The number of aromatic nitrogens is 3. The summed E-state index contributed by atoms with van der Waals surface area (Å²) < 4.78 is 2.18. The summed E-state index contributed by atoms with van der Waals surface area (Å²) in [5.74, 6) is 0.770. The summed E-state index contributed by atoms with van der Waals surface area (Å²) in [6.45, 7) is 4.26. The maximum absolute atomic E-state index is 4.46. The number of aliphatic imine (C=N–C) groups is 1. The van der Waals surface area contributed by atoms with Crippen LogP contribution in [-0.2, 0) is 19.6 Å². The Balaban J connectivity index is 0.00000256. The van der Waals surface area contributed by atoms with Crippen molar-refractivity contribution >= 4 is 52.3 Å². The summed E-state index contributed by atoms with van der Waals surface area (Å²) in [4.78, 5) is 14.3. The number of imidazole rings is 1. The third-order valence-corrected chi connectivity index (χ3v) is 5.58. The molecule has 6 nitrogen and oxygen atoms in total. The second-order valence-electron chi connectivity index (χ2n) is 6.82. The van der Waals surface area contributed by atoms with E-state index in [4.69, 9.17) is 0 Å². The van der Waals surface area contributed by atoms with Crippen LogP contribution < -0.4 is 10.6 Å². The fourth-order valence-electron chi connectivity index (χ4n) is 3.14. The first-order valence-electron chi connectivity index (χ1n) is 9.55. The molecule has 4 rings (SSSR count). The molecule has 0 spiro atoms. The Morgan fingerprint density at radius 2 is 1.73 bits per heavy atom. The van der Waals surface area contributed by atoms with E-state index in [-0.39, 0.29) is 24.0 Å². The standard InChI is InChI=1S/C22H24N6S.HI/c1-16-11-24-21(29-16)13-26-22(23-2)25-12-17-7-9-18(10-8-17)14-28-15-27-19-5-3-4-6-20(19)28;/h3-11,15H,12-14H2,1-2H3,(H2,23,25,26);1H. The van der Waals surface area contributed by atoms with Crippen LogP contribution in [-0.4, -0.2) is 27.5 Å². The Morgan fingerprint density at radius 1 is 1.00 bits per heavy atom. The number of benzene rings is 2. The molecular formula is C22H25IN6S. The lowest BCUT2D eigenvalue weighted by atomic mass is 10.1. The van der Waals surface area contributed by atoms with Crippen LogP contribution in [0.1, 0.15) is 21.0 Å². The lowest BCUT2D eigenvalue weighted by Crippen LogP contribution is -2.36. The predicted octanol–water partition coefficient (Wildman–Crippen LogP) is 4.33. The lowest BCUT2D eigenvalue weighted by molar-refractivity contribution is 0.801. The van der Waals surface area contributed by atoms with Crippen molar-refractivity contribution in [3.63, 3.8) is 0 Å². The van der Waals surface area contributed by atoms with Crippen LogP contribution in [0.3, 0.4) is 0 Å². The molecule has 4 aromatic rings. The Kier molecular flexibility index (Phi) is 7.81. The van der Waals surface area contributed by atoms with Gasteiger partial charge in [-0.3, -0.25) is 4.99 Å². The van der Waals surface area contributed by atoms with E-state index in [9.17, 15) is 0 Å². The van der Waals surface area contributed by atoms with Crippen molar-refractivity contribution in [3.8, 4) is 0 Å². The van der Waals surface area contributed by atoms with Gasteiger partial charge in [-0.05, 0) is 30.2 Å². The van der Waals surface area contributed by atoms with Crippen LogP contribution in [0.5, 0.6) is 0 Å². The van der Waals surface area contributed by atoms with E-state index in [1.165, 1.54) is 16.0 Å². The normalized spacial score (nSPS) is 11.3. The number of guanidine groups is 1. The Labute approximate surface area is 197 Å². The highest BCUT2D eigenvalue weighted by molar-refractivity contribution is 14.0. The Hall–Kier alpha value is -2.46. The van der Waals surface area contributed by atoms with E-state index in [0.29, 0.717) is 13.1 Å². The summed E-state index contributed by atoms with van der Waals surface area (Å²) in [5.41, 5.74) is 4.64. The van der Waals surface area contributed by atoms with Gasteiger partial charge in [0.2, 0.25) is 0 Å². The highest BCUT2D eigenvalue weighted by Gasteiger charge is 2.04. The van der Waals surface area contributed by atoms with E-state index in [1.54, 1.807) is 18.4 Å². The molecular weight excluding hydrogens is 507 g/mol. The monoisotopic (exact) mass is 532 g/mol. The van der Waals surface area contributed by atoms with Gasteiger partial charge in [-0.25, -0.2) is 9.97 Å². The first-order valence-corrected chi connectivity index (χ1v) is 10.4. The van der Waals surface area contributed by atoms with Gasteiger partial charge in [0, 0.05) is 31.2 Å². The molecule has 0 saturated heterocycles. The smallest absolute Gasteiger partial charge is 0.191 e. The number of hydrogen-bond donors (Lipinski definition) is 2. The van der Waals surface area contributed by atoms with Crippen molar-refractivity contribution in [1.29, 1.82) is 0 Å². The number of fused-ring (bicyclic) bond motifs is 1. The minimum atomic E-state index is 0. The van der Waals surface area contributed by atoms with Gasteiger partial charge in [0.25, 0.3) is 0 Å². The zero-order chi connectivity index (χ0) is 20.1. The van der Waals surface area contributed by atoms with Crippen LogP contribution in [0, 0.1) is 6.92 Å². The molecule has 0 aliphatic heterocycles. The van der Waals surface area contributed by atoms with Gasteiger partial charge in [0.05, 0.1) is 23.9 Å². The number of hydrogen-bond acceptors (Lipinski definition) is 4. The highest BCUT2D eigenvalue weighted by Crippen LogP contribution is 2.14. The minimum Gasteiger partial charge on any atom is -0.352 e. The van der Waals surface area contributed by atoms with Crippen molar-refractivity contribution < 1.29 is 0 Å². The number of nitrogens with one attached hydrogen (secondary N) is 2. The number of thiazole rings is 1. The van der Waals surface area contributed by atoms with E-state index in [2.05, 4.69) is 67.4 Å². The second kappa shape index (κ2) is 10.5. The van der Waals surface area contributed by atoms with Crippen LogP contribution >= 0.6 is 35.3 Å². The van der Waals surface area contributed by atoms with Gasteiger partial charge in [0.1, 0.15) is 5.01 Å². The summed E-state index contributed by atoms with van der Waals surface area (Å²) in [6.07, 6.45) is 3.80. The van der Waals surface area contributed by atoms with E-state index in [1.807, 2.05) is 30.7 Å². The Morgan fingerprint density at radius 3 is 2.47 bits per heavy atom. The fraction of sp³-hybridized carbons (Fsp3) is 0.227. The summed E-state index contributed by atoms with van der Waals surface area (Å²) in [7, 11) is 1.78. The molecule has 30 heavy (non-hydrogen) atoms. The molecule has 0 bridgehead atoms. The minimum absolute atomic E-state index is 0. The molecule has 0 aliphatic rings. The average Bonchev–Trinajstić information content (AvgIpc) is 3.35. The molecule has 8 heteroatoms. The van der Waals surface area contributed by atoms with Gasteiger partial charge in [-0.15, -0.1) is 35.3 Å². The van der Waals surface area contributed by atoms with Crippen LogP contribution in [0.4, 0.5) is 0 Å². The van der Waals surface area contributed by atoms with Crippen LogP contribution in [0.2, 0.25) is 0 Å². The molecule has 0 unspecified atom stereocenters. The van der Waals surface area contributed by atoms with Crippen molar-refractivity contribution in [2.24, 2.45) is 4.99 Å². The topological polar surface area (TPSA) is 67.1 Å². The number of rotatable bonds is 6. The zero-order valence-electron chi connectivity index (χ0n) is 17.0.